The molecule has 144 valence electrons. The summed E-state index contributed by atoms with van der Waals surface area (Å²) < 4.78 is 18.7. The fourth-order valence-corrected chi connectivity index (χ4v) is 3.49. The summed E-state index contributed by atoms with van der Waals surface area (Å²) in [6.45, 7) is 6.35. The molecule has 0 aliphatic carbocycles. The van der Waals surface area contributed by atoms with E-state index in [1.165, 1.54) is 12.1 Å². The van der Waals surface area contributed by atoms with Crippen LogP contribution in [0.2, 0.25) is 5.02 Å². The Morgan fingerprint density at radius 3 is 2.41 bits per heavy atom. The SMILES string of the molecule is C[C@@H]1[C@H](C)N(C(=O)COc2ccc(Cl)cc2)CCN1Cc1ccc(F)cc1. The quantitative estimate of drug-likeness (QED) is 0.774. The highest BCUT2D eigenvalue weighted by Gasteiger charge is 2.33. The van der Waals surface area contributed by atoms with E-state index in [2.05, 4.69) is 18.7 Å². The zero-order valence-corrected chi connectivity index (χ0v) is 16.3. The molecule has 1 aliphatic heterocycles. The lowest BCUT2D eigenvalue weighted by Gasteiger charge is -2.45. The summed E-state index contributed by atoms with van der Waals surface area (Å²) >= 11 is 5.86. The van der Waals surface area contributed by atoms with Crippen LogP contribution in [0.1, 0.15) is 19.4 Å². The predicted molar refractivity (Wildman–Crippen MR) is 104 cm³/mol. The Morgan fingerprint density at radius 2 is 1.74 bits per heavy atom. The van der Waals surface area contributed by atoms with E-state index in [1.807, 2.05) is 17.0 Å². The van der Waals surface area contributed by atoms with Gasteiger partial charge in [0.2, 0.25) is 0 Å². The van der Waals surface area contributed by atoms with Gasteiger partial charge in [0.1, 0.15) is 11.6 Å². The maximum atomic E-state index is 13.1. The predicted octanol–water partition coefficient (Wildman–Crippen LogP) is 3.98. The van der Waals surface area contributed by atoms with Gasteiger partial charge in [-0.3, -0.25) is 9.69 Å². The highest BCUT2D eigenvalue weighted by Crippen LogP contribution is 2.21. The van der Waals surface area contributed by atoms with Crippen molar-refractivity contribution in [1.29, 1.82) is 0 Å². The number of halogens is 2. The lowest BCUT2D eigenvalue weighted by Crippen LogP contribution is -2.59. The maximum absolute atomic E-state index is 13.1. The van der Waals surface area contributed by atoms with Gasteiger partial charge < -0.3 is 9.64 Å². The molecular formula is C21H24ClFN2O2. The molecular weight excluding hydrogens is 367 g/mol. The average Bonchev–Trinajstić information content (AvgIpc) is 2.66. The molecule has 0 aromatic heterocycles. The van der Waals surface area contributed by atoms with Crippen molar-refractivity contribution in [3.05, 3.63) is 64.9 Å². The Hall–Kier alpha value is -2.11. The lowest BCUT2D eigenvalue weighted by atomic mass is 10.0. The van der Waals surface area contributed by atoms with Crippen molar-refractivity contribution >= 4 is 17.5 Å². The normalized spacial score (nSPS) is 20.5. The number of hydrogen-bond donors (Lipinski definition) is 0. The third kappa shape index (κ3) is 4.99. The van der Waals surface area contributed by atoms with Crippen LogP contribution in [0.5, 0.6) is 5.75 Å². The minimum absolute atomic E-state index is 0.0106. The molecule has 0 radical (unpaired) electrons. The number of ether oxygens (including phenoxy) is 1. The molecule has 1 heterocycles. The second kappa shape index (κ2) is 8.72. The van der Waals surface area contributed by atoms with Crippen LogP contribution in [-0.2, 0) is 11.3 Å². The first kappa shape index (κ1) is 19.6. The number of carbonyl (C=O) groups excluding carboxylic acids is 1. The van der Waals surface area contributed by atoms with Crippen molar-refractivity contribution in [1.82, 2.24) is 9.80 Å². The van der Waals surface area contributed by atoms with Gasteiger partial charge in [-0.05, 0) is 55.8 Å². The van der Waals surface area contributed by atoms with E-state index >= 15 is 0 Å². The van der Waals surface area contributed by atoms with E-state index in [4.69, 9.17) is 16.3 Å². The number of rotatable bonds is 5. The van der Waals surface area contributed by atoms with Crippen LogP contribution in [0, 0.1) is 5.82 Å². The largest absolute Gasteiger partial charge is 0.484 e. The second-order valence-electron chi connectivity index (χ2n) is 6.91. The Morgan fingerprint density at radius 1 is 1.07 bits per heavy atom. The summed E-state index contributed by atoms with van der Waals surface area (Å²) in [5.41, 5.74) is 1.07. The van der Waals surface area contributed by atoms with Crippen molar-refractivity contribution in [2.75, 3.05) is 19.7 Å². The van der Waals surface area contributed by atoms with E-state index in [1.54, 1.807) is 24.3 Å². The van der Waals surface area contributed by atoms with Gasteiger partial charge >= 0.3 is 0 Å². The van der Waals surface area contributed by atoms with Crippen LogP contribution in [0.15, 0.2) is 48.5 Å². The number of hydrogen-bond acceptors (Lipinski definition) is 3. The lowest BCUT2D eigenvalue weighted by molar-refractivity contribution is -0.139. The summed E-state index contributed by atoms with van der Waals surface area (Å²) in [6.07, 6.45) is 0. The van der Waals surface area contributed by atoms with E-state index in [0.717, 1.165) is 18.7 Å². The fraction of sp³-hybridized carbons (Fsp3) is 0.381. The van der Waals surface area contributed by atoms with E-state index in [-0.39, 0.29) is 30.4 Å². The van der Waals surface area contributed by atoms with Crippen LogP contribution >= 0.6 is 11.6 Å². The van der Waals surface area contributed by atoms with Gasteiger partial charge in [-0.25, -0.2) is 4.39 Å². The van der Waals surface area contributed by atoms with Gasteiger partial charge in [0, 0.05) is 36.7 Å². The first-order valence-electron chi connectivity index (χ1n) is 9.10. The summed E-state index contributed by atoms with van der Waals surface area (Å²) in [5.74, 6) is 0.380. The first-order valence-corrected chi connectivity index (χ1v) is 9.48. The van der Waals surface area contributed by atoms with Gasteiger partial charge in [-0.2, -0.15) is 0 Å². The van der Waals surface area contributed by atoms with Crippen LogP contribution in [0.25, 0.3) is 0 Å². The van der Waals surface area contributed by atoms with Crippen molar-refractivity contribution in [3.8, 4) is 5.75 Å². The maximum Gasteiger partial charge on any atom is 0.260 e. The Bertz CT molecular complexity index is 767. The number of nitrogens with zero attached hydrogens (tertiary/aromatic N) is 2. The molecule has 27 heavy (non-hydrogen) atoms. The van der Waals surface area contributed by atoms with E-state index in [9.17, 15) is 9.18 Å². The van der Waals surface area contributed by atoms with E-state index in [0.29, 0.717) is 17.3 Å². The summed E-state index contributed by atoms with van der Waals surface area (Å²) in [4.78, 5) is 16.8. The van der Waals surface area contributed by atoms with Crippen molar-refractivity contribution in [2.24, 2.45) is 0 Å². The van der Waals surface area contributed by atoms with Gasteiger partial charge in [-0.15, -0.1) is 0 Å². The summed E-state index contributed by atoms with van der Waals surface area (Å²) in [5, 5.41) is 0.633. The third-order valence-corrected chi connectivity index (χ3v) is 5.44. The Kier molecular flexibility index (Phi) is 6.34. The molecule has 1 saturated heterocycles. The number of benzene rings is 2. The highest BCUT2D eigenvalue weighted by molar-refractivity contribution is 6.30. The molecule has 0 bridgehead atoms. The molecule has 3 rings (SSSR count). The van der Waals surface area contributed by atoms with E-state index < -0.39 is 0 Å². The van der Waals surface area contributed by atoms with Crippen LogP contribution in [-0.4, -0.2) is 47.5 Å². The molecule has 2 aromatic carbocycles. The molecule has 0 unspecified atom stereocenters. The molecule has 1 aliphatic rings. The molecule has 1 fully saturated rings. The van der Waals surface area contributed by atoms with Crippen LogP contribution < -0.4 is 4.74 Å². The smallest absolute Gasteiger partial charge is 0.260 e. The second-order valence-corrected chi connectivity index (χ2v) is 7.34. The number of piperazine rings is 1. The fourth-order valence-electron chi connectivity index (χ4n) is 3.37. The van der Waals surface area contributed by atoms with Gasteiger partial charge in [0.05, 0.1) is 0 Å². The third-order valence-electron chi connectivity index (χ3n) is 5.19. The summed E-state index contributed by atoms with van der Waals surface area (Å²) in [6, 6.07) is 13.8. The van der Waals surface area contributed by atoms with Crippen molar-refractivity contribution in [2.45, 2.75) is 32.5 Å². The highest BCUT2D eigenvalue weighted by atomic mass is 35.5. The Labute approximate surface area is 164 Å². The van der Waals surface area contributed by atoms with Gasteiger partial charge in [0.25, 0.3) is 5.91 Å². The zero-order valence-electron chi connectivity index (χ0n) is 15.6. The molecule has 0 N–H and O–H groups in total. The van der Waals surface area contributed by atoms with Crippen molar-refractivity contribution < 1.29 is 13.9 Å². The molecule has 2 aromatic rings. The number of carbonyl (C=O) groups is 1. The molecule has 0 saturated carbocycles. The average molecular weight is 391 g/mol. The van der Waals surface area contributed by atoms with Gasteiger partial charge in [-0.1, -0.05) is 23.7 Å². The van der Waals surface area contributed by atoms with Crippen LogP contribution in [0.4, 0.5) is 4.39 Å². The minimum atomic E-state index is -0.226. The molecule has 4 nitrogen and oxygen atoms in total. The van der Waals surface area contributed by atoms with Crippen molar-refractivity contribution in [3.63, 3.8) is 0 Å². The molecule has 1 amide bonds. The Balaban J connectivity index is 1.55. The summed E-state index contributed by atoms with van der Waals surface area (Å²) in [7, 11) is 0. The zero-order chi connectivity index (χ0) is 19.4. The van der Waals surface area contributed by atoms with Crippen LogP contribution in [0.3, 0.4) is 0 Å². The van der Waals surface area contributed by atoms with Gasteiger partial charge in [0.15, 0.2) is 6.61 Å². The minimum Gasteiger partial charge on any atom is -0.484 e. The molecule has 2 atom stereocenters. The monoisotopic (exact) mass is 390 g/mol. The standard InChI is InChI=1S/C21H24ClFN2O2/c1-15-16(2)25(21(26)14-27-20-9-5-18(22)6-10-20)12-11-24(15)13-17-3-7-19(23)8-4-17/h3-10,15-16H,11-14H2,1-2H3/t15-,16+/m1/s1. The molecule has 0 spiro atoms. The number of amides is 1. The molecule has 6 heteroatoms. The first-order chi connectivity index (χ1) is 12.9. The topological polar surface area (TPSA) is 32.8 Å².